The molecule has 0 aliphatic heterocycles. The quantitative estimate of drug-likeness (QED) is 0.571. The van der Waals surface area contributed by atoms with E-state index in [-0.39, 0.29) is 6.61 Å². The van der Waals surface area contributed by atoms with E-state index < -0.39 is 6.10 Å². The Hall–Kier alpha value is -0.600. The van der Waals surface area contributed by atoms with Gasteiger partial charge in [-0.2, -0.15) is 0 Å². The van der Waals surface area contributed by atoms with Gasteiger partial charge in [-0.25, -0.2) is 0 Å². The van der Waals surface area contributed by atoms with Crippen LogP contribution < -0.4 is 0 Å². The first-order valence-corrected chi connectivity index (χ1v) is 3.39. The Kier molecular flexibility index (Phi) is 6.13. The Morgan fingerprint density at radius 1 is 1.40 bits per heavy atom. The third-order valence-corrected chi connectivity index (χ3v) is 0.933. The molecule has 2 N–H and O–H groups in total. The third kappa shape index (κ3) is 7.40. The van der Waals surface area contributed by atoms with Crippen LogP contribution in [-0.4, -0.2) is 22.9 Å². The zero-order chi connectivity index (χ0) is 7.82. The summed E-state index contributed by atoms with van der Waals surface area (Å²) in [5, 5.41) is 17.1. The van der Waals surface area contributed by atoms with E-state index in [4.69, 9.17) is 10.2 Å². The van der Waals surface area contributed by atoms with E-state index in [0.29, 0.717) is 6.42 Å². The van der Waals surface area contributed by atoms with Crippen molar-refractivity contribution in [2.24, 2.45) is 0 Å². The summed E-state index contributed by atoms with van der Waals surface area (Å²) in [7, 11) is 0. The first-order valence-electron chi connectivity index (χ1n) is 3.39. The van der Waals surface area contributed by atoms with E-state index in [0.717, 1.165) is 0 Å². The molecule has 1 unspecified atom stereocenters. The molecule has 0 radical (unpaired) electrons. The van der Waals surface area contributed by atoms with Gasteiger partial charge >= 0.3 is 0 Å². The largest absolute Gasteiger partial charge is 0.396 e. The molecular weight excluding hydrogens is 128 g/mol. The summed E-state index contributed by atoms with van der Waals surface area (Å²) >= 11 is 0. The van der Waals surface area contributed by atoms with Crippen LogP contribution in [-0.2, 0) is 0 Å². The molecule has 2 nitrogen and oxygen atoms in total. The zero-order valence-electron chi connectivity index (χ0n) is 6.20. The van der Waals surface area contributed by atoms with Gasteiger partial charge in [0, 0.05) is 6.61 Å². The fourth-order valence-corrected chi connectivity index (χ4v) is 0.474. The van der Waals surface area contributed by atoms with Crippen molar-refractivity contribution >= 4 is 0 Å². The number of allylic oxidation sites excluding steroid dienone is 2. The normalized spacial score (nSPS) is 15.1. The van der Waals surface area contributed by atoms with Gasteiger partial charge in [-0.05, 0) is 13.3 Å². The van der Waals surface area contributed by atoms with E-state index in [1.54, 1.807) is 19.1 Å². The number of aliphatic hydroxyl groups is 2. The molecule has 0 aromatic heterocycles. The van der Waals surface area contributed by atoms with Crippen LogP contribution in [0.1, 0.15) is 13.3 Å². The summed E-state index contributed by atoms with van der Waals surface area (Å²) in [6, 6.07) is 0. The van der Waals surface area contributed by atoms with Crippen LogP contribution in [0.4, 0.5) is 0 Å². The number of hydrogen-bond acceptors (Lipinski definition) is 2. The van der Waals surface area contributed by atoms with Crippen LogP contribution in [0, 0.1) is 0 Å². The molecule has 0 fully saturated rings. The van der Waals surface area contributed by atoms with E-state index in [2.05, 4.69) is 0 Å². The van der Waals surface area contributed by atoms with Crippen molar-refractivity contribution in [3.05, 3.63) is 24.3 Å². The van der Waals surface area contributed by atoms with Crippen LogP contribution >= 0.6 is 0 Å². The van der Waals surface area contributed by atoms with Gasteiger partial charge in [0.1, 0.15) is 0 Å². The highest BCUT2D eigenvalue weighted by Gasteiger charge is 1.80. The Morgan fingerprint density at radius 3 is 2.60 bits per heavy atom. The van der Waals surface area contributed by atoms with Gasteiger partial charge in [-0.1, -0.05) is 24.3 Å². The predicted molar refractivity (Wildman–Crippen MR) is 41.7 cm³/mol. The lowest BCUT2D eigenvalue weighted by molar-refractivity contribution is 0.244. The van der Waals surface area contributed by atoms with Crippen molar-refractivity contribution in [3.63, 3.8) is 0 Å². The van der Waals surface area contributed by atoms with Gasteiger partial charge in [0.2, 0.25) is 0 Å². The second kappa shape index (κ2) is 6.52. The summed E-state index contributed by atoms with van der Waals surface area (Å²) in [6.07, 6.45) is 7.37. The SMILES string of the molecule is CC(O)/C=C/C=C/CCO. The van der Waals surface area contributed by atoms with Crippen molar-refractivity contribution in [1.29, 1.82) is 0 Å². The monoisotopic (exact) mass is 142 g/mol. The molecule has 58 valence electrons. The summed E-state index contributed by atoms with van der Waals surface area (Å²) < 4.78 is 0. The van der Waals surface area contributed by atoms with Gasteiger partial charge in [0.15, 0.2) is 0 Å². The molecular formula is C8H14O2. The lowest BCUT2D eigenvalue weighted by atomic mass is 10.3. The fourth-order valence-electron chi connectivity index (χ4n) is 0.474. The summed E-state index contributed by atoms with van der Waals surface area (Å²) in [5.74, 6) is 0. The third-order valence-electron chi connectivity index (χ3n) is 0.933. The molecule has 0 spiro atoms. The molecule has 0 saturated heterocycles. The van der Waals surface area contributed by atoms with Gasteiger partial charge in [0.05, 0.1) is 6.10 Å². The molecule has 0 aliphatic rings. The van der Waals surface area contributed by atoms with Gasteiger partial charge in [-0.15, -0.1) is 0 Å². The van der Waals surface area contributed by atoms with Crippen LogP contribution in [0.3, 0.4) is 0 Å². The van der Waals surface area contributed by atoms with E-state index >= 15 is 0 Å². The maximum Gasteiger partial charge on any atom is 0.0695 e. The maximum atomic E-state index is 8.74. The first-order chi connectivity index (χ1) is 4.77. The molecule has 0 aliphatic carbocycles. The van der Waals surface area contributed by atoms with Crippen molar-refractivity contribution in [2.45, 2.75) is 19.4 Å². The van der Waals surface area contributed by atoms with Gasteiger partial charge < -0.3 is 10.2 Å². The molecule has 0 bridgehead atoms. The van der Waals surface area contributed by atoms with E-state index in [1.807, 2.05) is 12.2 Å². The van der Waals surface area contributed by atoms with Crippen LogP contribution in [0.25, 0.3) is 0 Å². The first kappa shape index (κ1) is 9.40. The van der Waals surface area contributed by atoms with E-state index in [9.17, 15) is 0 Å². The fraction of sp³-hybridized carbons (Fsp3) is 0.500. The molecule has 0 heterocycles. The lowest BCUT2D eigenvalue weighted by Crippen LogP contribution is -1.90. The summed E-state index contributed by atoms with van der Waals surface area (Å²) in [6.45, 7) is 1.87. The average Bonchev–Trinajstić information content (AvgIpc) is 1.87. The number of rotatable bonds is 4. The molecule has 2 heteroatoms. The minimum absolute atomic E-state index is 0.180. The Bertz CT molecular complexity index is 114. The van der Waals surface area contributed by atoms with Crippen molar-refractivity contribution < 1.29 is 10.2 Å². The predicted octanol–water partition coefficient (Wildman–Crippen LogP) is 0.862. The molecule has 0 rings (SSSR count). The molecule has 0 amide bonds. The van der Waals surface area contributed by atoms with Crippen molar-refractivity contribution in [1.82, 2.24) is 0 Å². The Labute approximate surface area is 61.5 Å². The highest BCUT2D eigenvalue weighted by Crippen LogP contribution is 1.85. The standard InChI is InChI=1S/C8H14O2/c1-8(10)6-4-2-3-5-7-9/h2-4,6,8-10H,5,7H2,1H3/b3-2+,6-4+. The lowest BCUT2D eigenvalue weighted by Gasteiger charge is -1.88. The maximum absolute atomic E-state index is 8.74. The Balaban J connectivity index is 3.32. The molecule has 0 aromatic carbocycles. The van der Waals surface area contributed by atoms with Crippen molar-refractivity contribution in [2.75, 3.05) is 6.61 Å². The molecule has 0 aromatic rings. The van der Waals surface area contributed by atoms with Crippen LogP contribution in [0.15, 0.2) is 24.3 Å². The second-order valence-corrected chi connectivity index (χ2v) is 2.07. The highest BCUT2D eigenvalue weighted by atomic mass is 16.3. The number of hydrogen-bond donors (Lipinski definition) is 2. The van der Waals surface area contributed by atoms with Crippen molar-refractivity contribution in [3.8, 4) is 0 Å². The van der Waals surface area contributed by atoms with Gasteiger partial charge in [0.25, 0.3) is 0 Å². The minimum Gasteiger partial charge on any atom is -0.396 e. The van der Waals surface area contributed by atoms with Gasteiger partial charge in [-0.3, -0.25) is 0 Å². The smallest absolute Gasteiger partial charge is 0.0695 e. The van der Waals surface area contributed by atoms with Crippen LogP contribution in [0.5, 0.6) is 0 Å². The average molecular weight is 142 g/mol. The molecule has 0 saturated carbocycles. The molecule has 10 heavy (non-hydrogen) atoms. The molecule has 1 atom stereocenters. The highest BCUT2D eigenvalue weighted by molar-refractivity contribution is 5.03. The second-order valence-electron chi connectivity index (χ2n) is 2.07. The van der Waals surface area contributed by atoms with E-state index in [1.165, 1.54) is 0 Å². The minimum atomic E-state index is -0.390. The summed E-state index contributed by atoms with van der Waals surface area (Å²) in [5.41, 5.74) is 0. The summed E-state index contributed by atoms with van der Waals surface area (Å²) in [4.78, 5) is 0. The zero-order valence-corrected chi connectivity index (χ0v) is 6.20. The Morgan fingerprint density at radius 2 is 2.10 bits per heavy atom. The van der Waals surface area contributed by atoms with Crippen LogP contribution in [0.2, 0.25) is 0 Å². The topological polar surface area (TPSA) is 40.5 Å². The number of aliphatic hydroxyl groups excluding tert-OH is 2.